The van der Waals surface area contributed by atoms with Crippen molar-refractivity contribution in [3.8, 4) is 17.2 Å². The zero-order chi connectivity index (χ0) is 21.0. The molecule has 0 heterocycles. The zero-order valence-corrected chi connectivity index (χ0v) is 18.8. The number of aliphatic carboxylic acids is 1. The number of benzene rings is 2. The number of nitrogens with one attached hydrogen (secondary N) is 1. The first-order valence-electron chi connectivity index (χ1n) is 8.59. The molecule has 0 bridgehead atoms. The van der Waals surface area contributed by atoms with Crippen LogP contribution < -0.4 is 10.1 Å². The summed E-state index contributed by atoms with van der Waals surface area (Å²) in [5, 5.41) is 21.2. The number of carbonyl (C=O) groups excluding carboxylic acids is 1. The summed E-state index contributed by atoms with van der Waals surface area (Å²) in [4.78, 5) is 22.8. The van der Waals surface area contributed by atoms with Gasteiger partial charge in [0.1, 0.15) is 17.5 Å². The summed E-state index contributed by atoms with van der Waals surface area (Å²) in [6, 6.07) is 7.59. The average molecular weight is 515 g/mol. The molecule has 0 radical (unpaired) electrons. The molecule has 0 aliphatic heterocycles. The molecule has 28 heavy (non-hydrogen) atoms. The van der Waals surface area contributed by atoms with Gasteiger partial charge in [0.25, 0.3) is 0 Å². The van der Waals surface area contributed by atoms with E-state index in [9.17, 15) is 14.7 Å². The molecule has 2 rings (SSSR count). The number of phenols is 1. The lowest BCUT2D eigenvalue weighted by molar-refractivity contribution is -0.141. The monoisotopic (exact) mass is 513 g/mol. The van der Waals surface area contributed by atoms with Gasteiger partial charge >= 0.3 is 5.97 Å². The fraction of sp³-hybridized carbons (Fsp3) is 0.300. The van der Waals surface area contributed by atoms with Crippen molar-refractivity contribution in [3.05, 3.63) is 50.4 Å². The van der Waals surface area contributed by atoms with Gasteiger partial charge in [0.05, 0.1) is 15.4 Å². The number of halogens is 2. The van der Waals surface area contributed by atoms with Crippen molar-refractivity contribution in [2.24, 2.45) is 0 Å². The van der Waals surface area contributed by atoms with Crippen molar-refractivity contribution < 1.29 is 24.5 Å². The maximum atomic E-state index is 12.0. The number of amides is 1. The fourth-order valence-electron chi connectivity index (χ4n) is 2.53. The van der Waals surface area contributed by atoms with Crippen LogP contribution in [0.5, 0.6) is 17.2 Å². The van der Waals surface area contributed by atoms with Crippen molar-refractivity contribution in [2.75, 3.05) is 0 Å². The minimum absolute atomic E-state index is 0.0335. The van der Waals surface area contributed by atoms with Gasteiger partial charge in [0.2, 0.25) is 5.91 Å². The molecule has 3 N–H and O–H groups in total. The molecular weight excluding hydrogens is 494 g/mol. The van der Waals surface area contributed by atoms with Crippen LogP contribution in [-0.4, -0.2) is 28.1 Å². The Hall–Kier alpha value is -2.06. The standard InChI is InChI=1S/C20H21Br2NO5/c1-10(2)14-9-13(4-5-17(14)24)28-19-15(21)6-12(7-16(19)22)8-18(25)23-11(3)20(26)27/h4-7,9-11,24H,8H2,1-3H3,(H,23,25)(H,26,27). The van der Waals surface area contributed by atoms with E-state index in [-0.39, 0.29) is 24.0 Å². The largest absolute Gasteiger partial charge is 0.508 e. The van der Waals surface area contributed by atoms with Crippen LogP contribution in [0.4, 0.5) is 0 Å². The zero-order valence-electron chi connectivity index (χ0n) is 15.6. The van der Waals surface area contributed by atoms with E-state index in [0.717, 1.165) is 5.56 Å². The summed E-state index contributed by atoms with van der Waals surface area (Å²) in [5.74, 6) is -0.00863. The summed E-state index contributed by atoms with van der Waals surface area (Å²) < 4.78 is 7.23. The quantitative estimate of drug-likeness (QED) is 0.485. The van der Waals surface area contributed by atoms with E-state index in [0.29, 0.717) is 26.0 Å². The first kappa shape index (κ1) is 22.2. The van der Waals surface area contributed by atoms with E-state index in [1.807, 2.05) is 13.8 Å². The van der Waals surface area contributed by atoms with Crippen molar-refractivity contribution in [1.29, 1.82) is 0 Å². The van der Waals surface area contributed by atoms with Crippen LogP contribution >= 0.6 is 31.9 Å². The molecule has 1 unspecified atom stereocenters. The summed E-state index contributed by atoms with van der Waals surface area (Å²) in [7, 11) is 0. The highest BCUT2D eigenvalue weighted by Crippen LogP contribution is 2.39. The van der Waals surface area contributed by atoms with E-state index < -0.39 is 12.0 Å². The summed E-state index contributed by atoms with van der Waals surface area (Å²) in [6.07, 6.45) is 0.0335. The maximum Gasteiger partial charge on any atom is 0.325 e. The van der Waals surface area contributed by atoms with E-state index in [2.05, 4.69) is 37.2 Å². The van der Waals surface area contributed by atoms with Gasteiger partial charge in [-0.3, -0.25) is 9.59 Å². The predicted molar refractivity (Wildman–Crippen MR) is 113 cm³/mol. The van der Waals surface area contributed by atoms with Gasteiger partial charge in [0.15, 0.2) is 5.75 Å². The van der Waals surface area contributed by atoms with Crippen LogP contribution in [0.15, 0.2) is 39.3 Å². The minimum Gasteiger partial charge on any atom is -0.508 e. The Bertz CT molecular complexity index is 875. The topological polar surface area (TPSA) is 95.9 Å². The number of hydrogen-bond donors (Lipinski definition) is 3. The van der Waals surface area contributed by atoms with Crippen LogP contribution in [0.3, 0.4) is 0 Å². The number of carboxylic acid groups (broad SMARTS) is 1. The van der Waals surface area contributed by atoms with Crippen molar-refractivity contribution in [3.63, 3.8) is 0 Å². The number of carbonyl (C=O) groups is 2. The third kappa shape index (κ3) is 5.72. The number of hydrogen-bond acceptors (Lipinski definition) is 4. The second kappa shape index (κ2) is 9.43. The normalized spacial score (nSPS) is 11.9. The predicted octanol–water partition coefficient (Wildman–Crippen LogP) is 4.96. The molecule has 0 aliphatic carbocycles. The third-order valence-corrected chi connectivity index (χ3v) is 5.19. The van der Waals surface area contributed by atoms with Crippen LogP contribution in [0.1, 0.15) is 37.8 Å². The number of aromatic hydroxyl groups is 1. The minimum atomic E-state index is -1.09. The van der Waals surface area contributed by atoms with E-state index >= 15 is 0 Å². The summed E-state index contributed by atoms with van der Waals surface area (Å²) >= 11 is 6.90. The molecule has 0 aromatic heterocycles. The molecule has 150 valence electrons. The Balaban J connectivity index is 2.19. The number of ether oxygens (including phenoxy) is 1. The van der Waals surface area contributed by atoms with Gasteiger partial charge in [-0.1, -0.05) is 13.8 Å². The Kier molecular flexibility index (Phi) is 7.48. The number of phenolic OH excluding ortho intramolecular Hbond substituents is 1. The number of carboxylic acids is 1. The lowest BCUT2D eigenvalue weighted by Gasteiger charge is -2.15. The van der Waals surface area contributed by atoms with Gasteiger partial charge in [-0.15, -0.1) is 0 Å². The highest BCUT2D eigenvalue weighted by atomic mass is 79.9. The molecule has 0 spiro atoms. The van der Waals surface area contributed by atoms with Crippen molar-refractivity contribution in [2.45, 2.75) is 39.2 Å². The molecule has 1 amide bonds. The molecule has 8 heteroatoms. The molecule has 2 aromatic rings. The van der Waals surface area contributed by atoms with Gasteiger partial charge in [-0.25, -0.2) is 0 Å². The van der Waals surface area contributed by atoms with E-state index in [1.54, 1.807) is 30.3 Å². The third-order valence-electron chi connectivity index (χ3n) is 4.01. The van der Waals surface area contributed by atoms with Crippen LogP contribution in [0, 0.1) is 0 Å². The fourth-order valence-corrected chi connectivity index (χ4v) is 3.97. The SMILES string of the molecule is CC(NC(=O)Cc1cc(Br)c(Oc2ccc(O)c(C(C)C)c2)c(Br)c1)C(=O)O. The summed E-state index contributed by atoms with van der Waals surface area (Å²) in [5.41, 5.74) is 1.47. The highest BCUT2D eigenvalue weighted by molar-refractivity contribution is 9.11. The van der Waals surface area contributed by atoms with Gasteiger partial charge in [-0.05, 0) is 80.6 Å². The lowest BCUT2D eigenvalue weighted by Crippen LogP contribution is -2.39. The average Bonchev–Trinajstić information content (AvgIpc) is 2.58. The molecule has 2 aromatic carbocycles. The van der Waals surface area contributed by atoms with Crippen LogP contribution in [-0.2, 0) is 16.0 Å². The maximum absolute atomic E-state index is 12.0. The highest BCUT2D eigenvalue weighted by Gasteiger charge is 2.17. The van der Waals surface area contributed by atoms with Gasteiger partial charge in [0, 0.05) is 5.56 Å². The first-order valence-corrected chi connectivity index (χ1v) is 10.2. The molecule has 0 aliphatic rings. The second-order valence-electron chi connectivity index (χ2n) is 6.67. The molecule has 1 atom stereocenters. The lowest BCUT2D eigenvalue weighted by atomic mass is 10.0. The summed E-state index contributed by atoms with van der Waals surface area (Å²) in [6.45, 7) is 5.37. The van der Waals surface area contributed by atoms with Crippen molar-refractivity contribution in [1.82, 2.24) is 5.32 Å². The van der Waals surface area contributed by atoms with E-state index in [4.69, 9.17) is 9.84 Å². The Morgan fingerprint density at radius 1 is 1.11 bits per heavy atom. The van der Waals surface area contributed by atoms with Gasteiger partial charge < -0.3 is 20.3 Å². The van der Waals surface area contributed by atoms with Crippen LogP contribution in [0.25, 0.3) is 0 Å². The molecule has 0 saturated heterocycles. The number of rotatable bonds is 7. The Morgan fingerprint density at radius 2 is 1.71 bits per heavy atom. The molecular formula is C20H21Br2NO5. The van der Waals surface area contributed by atoms with E-state index in [1.165, 1.54) is 6.92 Å². The Labute approximate surface area is 180 Å². The first-order chi connectivity index (χ1) is 13.1. The molecule has 6 nitrogen and oxygen atoms in total. The van der Waals surface area contributed by atoms with Crippen LogP contribution in [0.2, 0.25) is 0 Å². The smallest absolute Gasteiger partial charge is 0.325 e. The molecule has 0 saturated carbocycles. The van der Waals surface area contributed by atoms with Crippen molar-refractivity contribution >= 4 is 43.7 Å². The molecule has 0 fully saturated rings. The van der Waals surface area contributed by atoms with Gasteiger partial charge in [-0.2, -0.15) is 0 Å². The second-order valence-corrected chi connectivity index (χ2v) is 8.38. The Morgan fingerprint density at radius 3 is 2.25 bits per heavy atom.